The molecule has 2 N–H and O–H groups in total. The molecule has 2 aliphatic rings. The number of rotatable bonds is 5. The van der Waals surface area contributed by atoms with Crippen LogP contribution in [-0.4, -0.2) is 38.3 Å². The third-order valence-corrected chi connectivity index (χ3v) is 5.53. The van der Waals surface area contributed by atoms with Crippen LogP contribution in [0.3, 0.4) is 0 Å². The van der Waals surface area contributed by atoms with Crippen molar-refractivity contribution < 1.29 is 4.74 Å². The molecular weight excluding hydrogens is 481 g/mol. The largest absolute Gasteiger partial charge is 0.373 e. The van der Waals surface area contributed by atoms with Crippen molar-refractivity contribution >= 4 is 45.9 Å². The SMILES string of the molecule is CN=C(NCC1(C)CCCO1)NCC1(c2cccc(Br)c2)CC1.I. The molecule has 0 radical (unpaired) electrons. The molecule has 2 fully saturated rings. The van der Waals surface area contributed by atoms with E-state index in [0.29, 0.717) is 0 Å². The maximum absolute atomic E-state index is 5.83. The van der Waals surface area contributed by atoms with Crippen molar-refractivity contribution in [3.8, 4) is 0 Å². The summed E-state index contributed by atoms with van der Waals surface area (Å²) in [5.74, 6) is 0.864. The Morgan fingerprint density at radius 2 is 2.00 bits per heavy atom. The Morgan fingerprint density at radius 3 is 2.58 bits per heavy atom. The van der Waals surface area contributed by atoms with E-state index in [0.717, 1.165) is 43.0 Å². The Morgan fingerprint density at radius 1 is 1.25 bits per heavy atom. The molecule has 1 aromatic rings. The summed E-state index contributed by atoms with van der Waals surface area (Å²) in [6.07, 6.45) is 4.72. The van der Waals surface area contributed by atoms with E-state index in [1.807, 2.05) is 7.05 Å². The second-order valence-electron chi connectivity index (χ2n) is 6.97. The zero-order valence-electron chi connectivity index (χ0n) is 14.4. The minimum absolute atomic E-state index is 0. The lowest BCUT2D eigenvalue weighted by atomic mass is 9.96. The summed E-state index contributed by atoms with van der Waals surface area (Å²) >= 11 is 3.57. The van der Waals surface area contributed by atoms with Crippen LogP contribution in [0.2, 0.25) is 0 Å². The van der Waals surface area contributed by atoms with Crippen molar-refractivity contribution in [1.29, 1.82) is 0 Å². The summed E-state index contributed by atoms with van der Waals surface area (Å²) in [5, 5.41) is 6.92. The van der Waals surface area contributed by atoms with Crippen molar-refractivity contribution in [3.63, 3.8) is 0 Å². The fraction of sp³-hybridized carbons (Fsp3) is 0.611. The summed E-state index contributed by atoms with van der Waals surface area (Å²) in [4.78, 5) is 4.35. The lowest BCUT2D eigenvalue weighted by Crippen LogP contribution is -2.47. The van der Waals surface area contributed by atoms with Crippen LogP contribution in [0, 0.1) is 0 Å². The van der Waals surface area contributed by atoms with Gasteiger partial charge in [0, 0.05) is 36.6 Å². The highest BCUT2D eigenvalue weighted by Gasteiger charge is 2.44. The number of ether oxygens (including phenoxy) is 1. The molecule has 1 atom stereocenters. The molecule has 1 heterocycles. The Bertz CT molecular complexity index is 583. The first-order chi connectivity index (χ1) is 11.1. The van der Waals surface area contributed by atoms with Crippen LogP contribution in [0.1, 0.15) is 38.2 Å². The summed E-state index contributed by atoms with van der Waals surface area (Å²) in [5.41, 5.74) is 1.61. The number of hydrogen-bond donors (Lipinski definition) is 2. The number of aliphatic imine (C=N–C) groups is 1. The van der Waals surface area contributed by atoms with E-state index in [1.54, 1.807) is 0 Å². The molecule has 134 valence electrons. The molecule has 24 heavy (non-hydrogen) atoms. The molecule has 1 saturated heterocycles. The second kappa shape index (κ2) is 8.36. The highest BCUT2D eigenvalue weighted by atomic mass is 127. The van der Waals surface area contributed by atoms with E-state index in [4.69, 9.17) is 4.74 Å². The number of halogens is 2. The van der Waals surface area contributed by atoms with Gasteiger partial charge in [-0.25, -0.2) is 0 Å². The van der Waals surface area contributed by atoms with Gasteiger partial charge in [0.25, 0.3) is 0 Å². The Kier molecular flexibility index (Phi) is 6.96. The predicted molar refractivity (Wildman–Crippen MR) is 113 cm³/mol. The Hall–Kier alpha value is -0.340. The fourth-order valence-electron chi connectivity index (χ4n) is 3.26. The van der Waals surface area contributed by atoms with Gasteiger partial charge >= 0.3 is 0 Å². The molecule has 0 bridgehead atoms. The molecule has 1 aromatic carbocycles. The van der Waals surface area contributed by atoms with E-state index in [1.165, 1.54) is 18.4 Å². The number of hydrogen-bond acceptors (Lipinski definition) is 2. The highest BCUT2D eigenvalue weighted by Crippen LogP contribution is 2.48. The molecule has 0 spiro atoms. The van der Waals surface area contributed by atoms with E-state index in [2.05, 4.69) is 62.7 Å². The Balaban J connectivity index is 0.00000208. The normalized spacial score (nSPS) is 25.0. The van der Waals surface area contributed by atoms with E-state index < -0.39 is 0 Å². The van der Waals surface area contributed by atoms with Crippen molar-refractivity contribution in [2.45, 2.75) is 43.6 Å². The molecule has 1 unspecified atom stereocenters. The van der Waals surface area contributed by atoms with Crippen LogP contribution in [0.5, 0.6) is 0 Å². The van der Waals surface area contributed by atoms with Gasteiger partial charge < -0.3 is 15.4 Å². The molecule has 1 aliphatic carbocycles. The topological polar surface area (TPSA) is 45.7 Å². The highest BCUT2D eigenvalue weighted by molar-refractivity contribution is 14.0. The first-order valence-electron chi connectivity index (χ1n) is 8.40. The van der Waals surface area contributed by atoms with Gasteiger partial charge in [0.05, 0.1) is 5.60 Å². The van der Waals surface area contributed by atoms with Gasteiger partial charge in [-0.3, -0.25) is 4.99 Å². The molecule has 0 aromatic heterocycles. The third kappa shape index (κ3) is 4.85. The fourth-order valence-corrected chi connectivity index (χ4v) is 3.66. The van der Waals surface area contributed by atoms with Crippen molar-refractivity contribution in [1.82, 2.24) is 10.6 Å². The van der Waals surface area contributed by atoms with Gasteiger partial charge in [0.15, 0.2) is 5.96 Å². The minimum Gasteiger partial charge on any atom is -0.373 e. The summed E-state index contributed by atoms with van der Waals surface area (Å²) in [7, 11) is 1.83. The molecule has 3 rings (SSSR count). The number of benzene rings is 1. The monoisotopic (exact) mass is 507 g/mol. The van der Waals surface area contributed by atoms with Gasteiger partial charge in [-0.15, -0.1) is 24.0 Å². The zero-order chi connectivity index (χ0) is 16.3. The quantitative estimate of drug-likeness (QED) is 0.361. The molecule has 1 aliphatic heterocycles. The van der Waals surface area contributed by atoms with E-state index in [-0.39, 0.29) is 35.0 Å². The van der Waals surface area contributed by atoms with Crippen molar-refractivity contribution in [3.05, 3.63) is 34.3 Å². The molecule has 1 saturated carbocycles. The van der Waals surface area contributed by atoms with Crippen LogP contribution in [-0.2, 0) is 10.2 Å². The predicted octanol–water partition coefficient (Wildman–Crippen LogP) is 3.83. The summed E-state index contributed by atoms with van der Waals surface area (Å²) in [6.45, 7) is 4.76. The molecule has 0 amide bonds. The van der Waals surface area contributed by atoms with Crippen LogP contribution in [0.15, 0.2) is 33.7 Å². The lowest BCUT2D eigenvalue weighted by Gasteiger charge is -2.25. The average molecular weight is 508 g/mol. The average Bonchev–Trinajstić information content (AvgIpc) is 3.22. The first-order valence-corrected chi connectivity index (χ1v) is 9.19. The van der Waals surface area contributed by atoms with Crippen LogP contribution >= 0.6 is 39.9 Å². The van der Waals surface area contributed by atoms with Crippen molar-refractivity contribution in [2.24, 2.45) is 4.99 Å². The number of nitrogens with zero attached hydrogens (tertiary/aromatic N) is 1. The van der Waals surface area contributed by atoms with E-state index in [9.17, 15) is 0 Å². The number of guanidine groups is 1. The maximum Gasteiger partial charge on any atom is 0.191 e. The van der Waals surface area contributed by atoms with Gasteiger partial charge in [0.2, 0.25) is 0 Å². The lowest BCUT2D eigenvalue weighted by molar-refractivity contribution is 0.0243. The summed E-state index contributed by atoms with van der Waals surface area (Å²) < 4.78 is 6.97. The summed E-state index contributed by atoms with van der Waals surface area (Å²) in [6, 6.07) is 8.65. The number of nitrogens with one attached hydrogen (secondary N) is 2. The maximum atomic E-state index is 5.83. The van der Waals surface area contributed by atoms with Gasteiger partial charge in [-0.05, 0) is 50.3 Å². The molecule has 4 nitrogen and oxygen atoms in total. The van der Waals surface area contributed by atoms with E-state index >= 15 is 0 Å². The zero-order valence-corrected chi connectivity index (χ0v) is 18.3. The smallest absolute Gasteiger partial charge is 0.191 e. The molecular formula is C18H27BrIN3O. The first kappa shape index (κ1) is 20.0. The third-order valence-electron chi connectivity index (χ3n) is 5.04. The Labute approximate surface area is 170 Å². The van der Waals surface area contributed by atoms with Crippen LogP contribution in [0.4, 0.5) is 0 Å². The van der Waals surface area contributed by atoms with Gasteiger partial charge in [-0.1, -0.05) is 28.1 Å². The van der Waals surface area contributed by atoms with Crippen LogP contribution in [0.25, 0.3) is 0 Å². The minimum atomic E-state index is -0.0564. The molecule has 6 heteroatoms. The van der Waals surface area contributed by atoms with Crippen molar-refractivity contribution in [2.75, 3.05) is 26.7 Å². The van der Waals surface area contributed by atoms with Gasteiger partial charge in [-0.2, -0.15) is 0 Å². The van der Waals surface area contributed by atoms with Gasteiger partial charge in [0.1, 0.15) is 0 Å². The van der Waals surface area contributed by atoms with Crippen LogP contribution < -0.4 is 10.6 Å². The second-order valence-corrected chi connectivity index (χ2v) is 7.89. The standard InChI is InChI=1S/C18H26BrN3O.HI/c1-17(7-4-10-23-17)12-21-16(20-2)22-13-18(8-9-18)14-5-3-6-15(19)11-14;/h3,5-6,11H,4,7-10,12-13H2,1-2H3,(H2,20,21,22);1H.